The van der Waals surface area contributed by atoms with Crippen LogP contribution in [0.15, 0.2) is 36.4 Å². The van der Waals surface area contributed by atoms with E-state index in [-0.39, 0.29) is 12.0 Å². The van der Waals surface area contributed by atoms with E-state index in [9.17, 15) is 5.11 Å². The lowest BCUT2D eigenvalue weighted by Crippen LogP contribution is -2.23. The van der Waals surface area contributed by atoms with Gasteiger partial charge in [-0.2, -0.15) is 0 Å². The molecule has 1 aliphatic rings. The molecule has 0 saturated carbocycles. The predicted octanol–water partition coefficient (Wildman–Crippen LogP) is 3.25. The Hall–Kier alpha value is -1.08. The summed E-state index contributed by atoms with van der Waals surface area (Å²) in [6.45, 7) is 2.46. The molecule has 1 N–H and O–H groups in total. The van der Waals surface area contributed by atoms with Gasteiger partial charge in [0.05, 0.1) is 0 Å². The molecule has 1 aliphatic carbocycles. The van der Waals surface area contributed by atoms with E-state index in [4.69, 9.17) is 0 Å². The van der Waals surface area contributed by atoms with Crippen molar-refractivity contribution in [2.45, 2.75) is 26.2 Å². The number of rotatable bonds is 2. The van der Waals surface area contributed by atoms with Gasteiger partial charge < -0.3 is 5.11 Å². The molecule has 0 amide bonds. The Kier molecular flexibility index (Phi) is 2.92. The number of aliphatic hydroxyl groups excluding tert-OH is 1. The molecule has 0 saturated heterocycles. The fraction of sp³-hybridized carbons (Fsp3) is 0.429. The molecular formula is C14H18O. The summed E-state index contributed by atoms with van der Waals surface area (Å²) in [5.74, 6) is 0. The summed E-state index contributed by atoms with van der Waals surface area (Å²) in [6.07, 6.45) is 5.49. The van der Waals surface area contributed by atoms with Crippen LogP contribution in [-0.4, -0.2) is 11.7 Å². The zero-order chi connectivity index (χ0) is 10.7. The Morgan fingerprint density at radius 3 is 2.67 bits per heavy atom. The molecule has 15 heavy (non-hydrogen) atoms. The van der Waals surface area contributed by atoms with Crippen molar-refractivity contribution < 1.29 is 5.11 Å². The van der Waals surface area contributed by atoms with Crippen molar-refractivity contribution in [3.05, 3.63) is 42.0 Å². The zero-order valence-corrected chi connectivity index (χ0v) is 9.24. The Balaban J connectivity index is 2.22. The van der Waals surface area contributed by atoms with Crippen LogP contribution in [-0.2, 0) is 0 Å². The maximum atomic E-state index is 9.39. The Labute approximate surface area is 91.4 Å². The van der Waals surface area contributed by atoms with Gasteiger partial charge in [-0.15, -0.1) is 0 Å². The highest BCUT2D eigenvalue weighted by Crippen LogP contribution is 2.39. The molecule has 1 heteroatoms. The molecule has 1 nitrogen and oxygen atoms in total. The molecule has 80 valence electrons. The average Bonchev–Trinajstić information content (AvgIpc) is 2.30. The molecule has 2 rings (SSSR count). The van der Waals surface area contributed by atoms with Crippen LogP contribution in [0, 0.1) is 5.41 Å². The van der Waals surface area contributed by atoms with E-state index >= 15 is 0 Å². The molecule has 0 radical (unpaired) electrons. The van der Waals surface area contributed by atoms with Gasteiger partial charge >= 0.3 is 0 Å². The highest BCUT2D eigenvalue weighted by molar-refractivity contribution is 5.66. The van der Waals surface area contributed by atoms with E-state index in [1.807, 2.05) is 6.07 Å². The largest absolute Gasteiger partial charge is 0.396 e. The van der Waals surface area contributed by atoms with E-state index in [0.29, 0.717) is 0 Å². The first-order valence-corrected chi connectivity index (χ1v) is 5.59. The Morgan fingerprint density at radius 2 is 2.00 bits per heavy atom. The maximum Gasteiger partial charge on any atom is 0.0488 e. The number of benzene rings is 1. The third kappa shape index (κ3) is 2.29. The van der Waals surface area contributed by atoms with Crippen LogP contribution in [0.25, 0.3) is 5.57 Å². The van der Waals surface area contributed by atoms with Crippen molar-refractivity contribution in [2.24, 2.45) is 5.41 Å². The first-order valence-electron chi connectivity index (χ1n) is 5.59. The highest BCUT2D eigenvalue weighted by atomic mass is 16.3. The third-order valence-corrected chi connectivity index (χ3v) is 3.28. The number of aliphatic hydroxyl groups is 1. The van der Waals surface area contributed by atoms with Crippen molar-refractivity contribution >= 4 is 5.57 Å². The van der Waals surface area contributed by atoms with E-state index in [0.717, 1.165) is 19.3 Å². The lowest BCUT2D eigenvalue weighted by atomic mass is 9.75. The number of hydrogen-bond acceptors (Lipinski definition) is 1. The molecule has 1 unspecified atom stereocenters. The Bertz CT molecular complexity index is 353. The summed E-state index contributed by atoms with van der Waals surface area (Å²) in [5.41, 5.74) is 2.77. The monoisotopic (exact) mass is 202 g/mol. The maximum absolute atomic E-state index is 9.39. The van der Waals surface area contributed by atoms with Gasteiger partial charge in [-0.1, -0.05) is 43.3 Å². The lowest BCUT2D eigenvalue weighted by Gasteiger charge is -2.32. The molecule has 0 heterocycles. The minimum absolute atomic E-state index is 0.0833. The summed E-state index contributed by atoms with van der Waals surface area (Å²) < 4.78 is 0. The SMILES string of the molecule is CC1(CO)CCC=C(c2ccccc2)C1. The van der Waals surface area contributed by atoms with Crippen molar-refractivity contribution in [1.29, 1.82) is 0 Å². The van der Waals surface area contributed by atoms with Crippen LogP contribution in [0.2, 0.25) is 0 Å². The van der Waals surface area contributed by atoms with Crippen molar-refractivity contribution in [2.75, 3.05) is 6.61 Å². The molecule has 1 aromatic carbocycles. The lowest BCUT2D eigenvalue weighted by molar-refractivity contribution is 0.135. The number of allylic oxidation sites excluding steroid dienone is 2. The second-order valence-corrected chi connectivity index (χ2v) is 4.78. The Morgan fingerprint density at radius 1 is 1.27 bits per heavy atom. The van der Waals surface area contributed by atoms with E-state index in [1.165, 1.54) is 11.1 Å². The minimum Gasteiger partial charge on any atom is -0.396 e. The van der Waals surface area contributed by atoms with Gasteiger partial charge in [0.2, 0.25) is 0 Å². The van der Waals surface area contributed by atoms with E-state index < -0.39 is 0 Å². The van der Waals surface area contributed by atoms with Gasteiger partial charge in [-0.05, 0) is 35.8 Å². The molecule has 0 fully saturated rings. The number of hydrogen-bond donors (Lipinski definition) is 1. The van der Waals surface area contributed by atoms with Gasteiger partial charge in [-0.3, -0.25) is 0 Å². The summed E-state index contributed by atoms with van der Waals surface area (Å²) in [4.78, 5) is 0. The van der Waals surface area contributed by atoms with E-state index in [2.05, 4.69) is 37.3 Å². The summed E-state index contributed by atoms with van der Waals surface area (Å²) in [7, 11) is 0. The molecular weight excluding hydrogens is 184 g/mol. The average molecular weight is 202 g/mol. The fourth-order valence-electron chi connectivity index (χ4n) is 2.22. The van der Waals surface area contributed by atoms with Crippen LogP contribution < -0.4 is 0 Å². The summed E-state index contributed by atoms with van der Waals surface area (Å²) in [6, 6.07) is 10.5. The molecule has 0 bridgehead atoms. The quantitative estimate of drug-likeness (QED) is 0.780. The smallest absolute Gasteiger partial charge is 0.0488 e. The van der Waals surface area contributed by atoms with Gasteiger partial charge in [0.15, 0.2) is 0 Å². The molecule has 1 atom stereocenters. The van der Waals surface area contributed by atoms with Gasteiger partial charge in [0.1, 0.15) is 0 Å². The third-order valence-electron chi connectivity index (χ3n) is 3.28. The topological polar surface area (TPSA) is 20.2 Å². The fourth-order valence-corrected chi connectivity index (χ4v) is 2.22. The van der Waals surface area contributed by atoms with Crippen molar-refractivity contribution in [3.63, 3.8) is 0 Å². The normalized spacial score (nSPS) is 26.1. The van der Waals surface area contributed by atoms with Crippen molar-refractivity contribution in [3.8, 4) is 0 Å². The van der Waals surface area contributed by atoms with Gasteiger partial charge in [0.25, 0.3) is 0 Å². The van der Waals surface area contributed by atoms with Gasteiger partial charge in [0, 0.05) is 6.61 Å². The summed E-state index contributed by atoms with van der Waals surface area (Å²) in [5, 5.41) is 9.39. The van der Waals surface area contributed by atoms with Gasteiger partial charge in [-0.25, -0.2) is 0 Å². The van der Waals surface area contributed by atoms with Crippen LogP contribution in [0.1, 0.15) is 31.7 Å². The van der Waals surface area contributed by atoms with Crippen LogP contribution in [0.5, 0.6) is 0 Å². The minimum atomic E-state index is 0.0833. The van der Waals surface area contributed by atoms with Crippen LogP contribution in [0.3, 0.4) is 0 Å². The van der Waals surface area contributed by atoms with Crippen molar-refractivity contribution in [1.82, 2.24) is 0 Å². The highest BCUT2D eigenvalue weighted by Gasteiger charge is 2.27. The standard InChI is InChI=1S/C14H18O/c1-14(11-15)9-5-8-13(10-14)12-6-3-2-4-7-12/h2-4,6-8,15H,5,9-11H2,1H3. The summed E-state index contributed by atoms with van der Waals surface area (Å²) >= 11 is 0. The van der Waals surface area contributed by atoms with E-state index in [1.54, 1.807) is 0 Å². The molecule has 0 spiro atoms. The predicted molar refractivity (Wildman–Crippen MR) is 63.5 cm³/mol. The first kappa shape index (κ1) is 10.4. The first-order chi connectivity index (χ1) is 7.23. The van der Waals surface area contributed by atoms with Crippen LogP contribution >= 0.6 is 0 Å². The zero-order valence-electron chi connectivity index (χ0n) is 9.24. The van der Waals surface area contributed by atoms with Crippen LogP contribution in [0.4, 0.5) is 0 Å². The second-order valence-electron chi connectivity index (χ2n) is 4.78. The molecule has 1 aromatic rings. The molecule has 0 aromatic heterocycles. The second kappa shape index (κ2) is 4.19. The molecule has 0 aliphatic heterocycles.